The highest BCUT2D eigenvalue weighted by Gasteiger charge is 2.64. The van der Waals surface area contributed by atoms with Gasteiger partial charge >= 0.3 is 0 Å². The molecule has 0 unspecified atom stereocenters. The second-order valence-electron chi connectivity index (χ2n) is 4.50. The maximum atomic E-state index is 10.0. The van der Waals surface area contributed by atoms with Gasteiger partial charge in [0, 0.05) is 0 Å². The van der Waals surface area contributed by atoms with Gasteiger partial charge in [0.15, 0.2) is 6.29 Å². The molecule has 5 atom stereocenters. The Labute approximate surface area is 82.9 Å². The molecule has 84 valence electrons. The molecule has 5 nitrogen and oxygen atoms in total. The second kappa shape index (κ2) is 2.90. The minimum absolute atomic E-state index is 0.771. The monoisotopic (exact) mass is 206 g/mol. The van der Waals surface area contributed by atoms with Gasteiger partial charge in [-0.1, -0.05) is 0 Å². The first-order chi connectivity index (χ1) is 6.05. The largest absolute Gasteiger partial charge is 0.384 e. The molecule has 0 radical (unpaired) electrons. The molecule has 4 N–H and O–H groups in total. The van der Waals surface area contributed by atoms with E-state index in [1.807, 2.05) is 0 Å². The van der Waals surface area contributed by atoms with E-state index in [1.54, 1.807) is 0 Å². The van der Waals surface area contributed by atoms with Gasteiger partial charge in [0.05, 0.1) is 6.10 Å². The van der Waals surface area contributed by atoms with E-state index in [0.29, 0.717) is 0 Å². The lowest BCUT2D eigenvalue weighted by molar-refractivity contribution is -0.376. The van der Waals surface area contributed by atoms with Gasteiger partial charge in [0.25, 0.3) is 0 Å². The molecule has 0 amide bonds. The van der Waals surface area contributed by atoms with E-state index in [1.165, 1.54) is 27.7 Å². The Morgan fingerprint density at radius 1 is 1.00 bits per heavy atom. The van der Waals surface area contributed by atoms with Crippen LogP contribution in [0.25, 0.3) is 0 Å². The Bertz CT molecular complexity index is 211. The summed E-state index contributed by atoms with van der Waals surface area (Å²) in [5.74, 6) is 0. The number of ether oxygens (including phenoxy) is 1. The standard InChI is InChI=1S/C9H18O5/c1-5-7(2,11)9(4,13)8(3,12)6(10)14-5/h5-6,10-13H,1-4H3/t5-,6+,7+,8+,9+/m0/s1. The molecule has 1 saturated heterocycles. The summed E-state index contributed by atoms with van der Waals surface area (Å²) in [7, 11) is 0. The molecule has 5 heteroatoms. The van der Waals surface area contributed by atoms with Gasteiger partial charge in [0.1, 0.15) is 16.8 Å². The minimum atomic E-state index is -1.91. The molecule has 1 heterocycles. The van der Waals surface area contributed by atoms with E-state index >= 15 is 0 Å². The van der Waals surface area contributed by atoms with Crippen LogP contribution in [0.15, 0.2) is 0 Å². The number of rotatable bonds is 0. The molecule has 0 aliphatic carbocycles. The van der Waals surface area contributed by atoms with Crippen LogP contribution in [0.1, 0.15) is 27.7 Å². The maximum absolute atomic E-state index is 10.0. The van der Waals surface area contributed by atoms with E-state index in [0.717, 1.165) is 0 Å². The summed E-state index contributed by atoms with van der Waals surface area (Å²) in [5.41, 5.74) is -5.39. The number of hydrogen-bond acceptors (Lipinski definition) is 5. The van der Waals surface area contributed by atoms with Crippen molar-refractivity contribution < 1.29 is 25.2 Å². The van der Waals surface area contributed by atoms with Crippen molar-refractivity contribution in [1.82, 2.24) is 0 Å². The third-order valence-corrected chi connectivity index (χ3v) is 3.58. The van der Waals surface area contributed by atoms with Crippen LogP contribution in [0.3, 0.4) is 0 Å². The Kier molecular flexibility index (Phi) is 2.46. The van der Waals surface area contributed by atoms with Gasteiger partial charge in [0.2, 0.25) is 0 Å². The highest BCUT2D eigenvalue weighted by atomic mass is 16.6. The Morgan fingerprint density at radius 2 is 1.43 bits per heavy atom. The lowest BCUT2D eigenvalue weighted by atomic mass is 9.69. The molecule has 0 bridgehead atoms. The highest BCUT2D eigenvalue weighted by Crippen LogP contribution is 2.42. The summed E-state index contributed by atoms with van der Waals surface area (Å²) < 4.78 is 4.95. The van der Waals surface area contributed by atoms with Crippen LogP contribution in [0.4, 0.5) is 0 Å². The Morgan fingerprint density at radius 3 is 1.86 bits per heavy atom. The molecule has 0 saturated carbocycles. The van der Waals surface area contributed by atoms with Crippen molar-refractivity contribution in [3.8, 4) is 0 Å². The number of aliphatic hydroxyl groups excluding tert-OH is 1. The summed E-state index contributed by atoms with van der Waals surface area (Å²) >= 11 is 0. The van der Waals surface area contributed by atoms with Crippen molar-refractivity contribution >= 4 is 0 Å². The van der Waals surface area contributed by atoms with Crippen LogP contribution in [0.2, 0.25) is 0 Å². The molecule has 0 aromatic heterocycles. The number of aliphatic hydroxyl groups is 4. The molecule has 14 heavy (non-hydrogen) atoms. The molecule has 0 spiro atoms. The van der Waals surface area contributed by atoms with Gasteiger partial charge < -0.3 is 25.2 Å². The molecule has 1 fully saturated rings. The zero-order valence-corrected chi connectivity index (χ0v) is 8.85. The molecular weight excluding hydrogens is 188 g/mol. The van der Waals surface area contributed by atoms with Crippen molar-refractivity contribution in [3.05, 3.63) is 0 Å². The smallest absolute Gasteiger partial charge is 0.186 e. The van der Waals surface area contributed by atoms with Crippen LogP contribution in [0.5, 0.6) is 0 Å². The van der Waals surface area contributed by atoms with Crippen molar-refractivity contribution in [3.63, 3.8) is 0 Å². The third kappa shape index (κ3) is 1.20. The van der Waals surface area contributed by atoms with Crippen LogP contribution in [-0.4, -0.2) is 49.6 Å². The lowest BCUT2D eigenvalue weighted by Gasteiger charge is -2.55. The topological polar surface area (TPSA) is 90.2 Å². The van der Waals surface area contributed by atoms with Gasteiger partial charge in [-0.15, -0.1) is 0 Å². The van der Waals surface area contributed by atoms with Crippen molar-refractivity contribution in [2.24, 2.45) is 0 Å². The number of hydrogen-bond donors (Lipinski definition) is 4. The fraction of sp³-hybridized carbons (Fsp3) is 1.00. The average molecular weight is 206 g/mol. The maximum Gasteiger partial charge on any atom is 0.186 e. The summed E-state index contributed by atoms with van der Waals surface area (Å²) in [6.07, 6.45) is -2.29. The Hall–Kier alpha value is -0.200. The summed E-state index contributed by atoms with van der Waals surface area (Å²) in [6, 6.07) is 0. The normalized spacial score (nSPS) is 60.0. The third-order valence-electron chi connectivity index (χ3n) is 3.58. The first kappa shape index (κ1) is 11.9. The molecule has 0 aromatic carbocycles. The first-order valence-corrected chi connectivity index (χ1v) is 4.56. The predicted octanol–water partition coefficient (Wildman–Crippen LogP) is -1.02. The molecule has 1 rings (SSSR count). The van der Waals surface area contributed by atoms with Crippen LogP contribution < -0.4 is 0 Å². The van der Waals surface area contributed by atoms with E-state index in [4.69, 9.17) is 4.74 Å². The predicted molar refractivity (Wildman–Crippen MR) is 48.4 cm³/mol. The van der Waals surface area contributed by atoms with Crippen molar-refractivity contribution in [2.45, 2.75) is 56.9 Å². The van der Waals surface area contributed by atoms with Crippen LogP contribution in [-0.2, 0) is 4.74 Å². The van der Waals surface area contributed by atoms with Crippen LogP contribution in [0, 0.1) is 0 Å². The molecular formula is C9H18O5. The fourth-order valence-corrected chi connectivity index (χ4v) is 1.61. The lowest BCUT2D eigenvalue weighted by Crippen LogP contribution is -2.76. The van der Waals surface area contributed by atoms with Crippen molar-refractivity contribution in [1.29, 1.82) is 0 Å². The summed E-state index contributed by atoms with van der Waals surface area (Å²) in [5, 5.41) is 39.3. The molecule has 1 aliphatic heterocycles. The van der Waals surface area contributed by atoms with Gasteiger partial charge in [-0.25, -0.2) is 0 Å². The quantitative estimate of drug-likeness (QED) is 0.407. The molecule has 1 aliphatic rings. The second-order valence-corrected chi connectivity index (χ2v) is 4.50. The van der Waals surface area contributed by atoms with Crippen LogP contribution >= 0.6 is 0 Å². The van der Waals surface area contributed by atoms with E-state index < -0.39 is 29.2 Å². The van der Waals surface area contributed by atoms with E-state index in [-0.39, 0.29) is 0 Å². The Balaban J connectivity index is 3.17. The van der Waals surface area contributed by atoms with Gasteiger partial charge in [-0.05, 0) is 27.7 Å². The van der Waals surface area contributed by atoms with Crippen molar-refractivity contribution in [2.75, 3.05) is 0 Å². The van der Waals surface area contributed by atoms with Gasteiger partial charge in [-0.3, -0.25) is 0 Å². The minimum Gasteiger partial charge on any atom is -0.384 e. The summed E-state index contributed by atoms with van der Waals surface area (Å²) in [4.78, 5) is 0. The average Bonchev–Trinajstić information content (AvgIpc) is 2.01. The zero-order valence-electron chi connectivity index (χ0n) is 8.85. The van der Waals surface area contributed by atoms with E-state index in [9.17, 15) is 20.4 Å². The summed E-state index contributed by atoms with van der Waals surface area (Å²) in [6.45, 7) is 5.37. The zero-order chi connectivity index (χ0) is 11.4. The molecule has 0 aromatic rings. The highest BCUT2D eigenvalue weighted by molar-refractivity contribution is 5.12. The van der Waals surface area contributed by atoms with Gasteiger partial charge in [-0.2, -0.15) is 0 Å². The first-order valence-electron chi connectivity index (χ1n) is 4.56. The SMILES string of the molecule is C[C@@H]1O[C@@H](O)[C@@](C)(O)[C@](C)(O)[C@]1(C)O. The van der Waals surface area contributed by atoms with E-state index in [2.05, 4.69) is 0 Å². The fourth-order valence-electron chi connectivity index (χ4n) is 1.61.